The Balaban J connectivity index is 1.79. The second-order valence-electron chi connectivity index (χ2n) is 6.24. The minimum Gasteiger partial charge on any atom is -0.481 e. The maximum Gasteiger partial charge on any atom is 0.266 e. The Morgan fingerprint density at radius 2 is 1.70 bits per heavy atom. The lowest BCUT2D eigenvalue weighted by molar-refractivity contribution is -0.122. The van der Waals surface area contributed by atoms with Gasteiger partial charge in [-0.25, -0.2) is 9.97 Å². The minimum atomic E-state index is -0.685. The summed E-state index contributed by atoms with van der Waals surface area (Å²) in [5.74, 6) is 1.23. The summed E-state index contributed by atoms with van der Waals surface area (Å²) < 4.78 is 8.17. The molecular weight excluding hydrogens is 410 g/mol. The maximum absolute atomic E-state index is 12.6. The highest BCUT2D eigenvalue weighted by atomic mass is 79.9. The van der Waals surface area contributed by atoms with E-state index in [2.05, 4.69) is 36.3 Å². The normalized spacial score (nSPS) is 11.9. The first kappa shape index (κ1) is 19.0. The third-order valence-corrected chi connectivity index (χ3v) is 4.27. The third-order valence-electron chi connectivity index (χ3n) is 3.74. The molecule has 2 aromatic heterocycles. The largest absolute Gasteiger partial charge is 0.481 e. The Morgan fingerprint density at radius 1 is 1.07 bits per heavy atom. The summed E-state index contributed by atoms with van der Waals surface area (Å²) >= 11 is 3.37. The van der Waals surface area contributed by atoms with Gasteiger partial charge in [-0.1, -0.05) is 15.9 Å². The van der Waals surface area contributed by atoms with E-state index in [4.69, 9.17) is 4.74 Å². The van der Waals surface area contributed by atoms with Gasteiger partial charge in [0.05, 0.1) is 5.69 Å². The summed E-state index contributed by atoms with van der Waals surface area (Å²) in [7, 11) is 0. The van der Waals surface area contributed by atoms with Crippen molar-refractivity contribution in [3.8, 4) is 11.7 Å². The predicted molar refractivity (Wildman–Crippen MR) is 106 cm³/mol. The summed E-state index contributed by atoms with van der Waals surface area (Å²) in [4.78, 5) is 21.4. The molecule has 1 atom stereocenters. The van der Waals surface area contributed by atoms with Gasteiger partial charge in [-0.05, 0) is 58.0 Å². The molecule has 0 bridgehead atoms. The zero-order valence-electron chi connectivity index (χ0n) is 15.5. The van der Waals surface area contributed by atoms with E-state index in [1.807, 2.05) is 39.0 Å². The van der Waals surface area contributed by atoms with Crippen molar-refractivity contribution in [3.05, 3.63) is 58.0 Å². The average molecular weight is 430 g/mol. The molecule has 0 radical (unpaired) electrons. The van der Waals surface area contributed by atoms with Crippen molar-refractivity contribution in [2.24, 2.45) is 0 Å². The van der Waals surface area contributed by atoms with E-state index in [1.54, 1.807) is 25.1 Å². The SMILES string of the molecule is Cc1cc(C)nc(-n2nc(C)cc2NC(=O)C(C)Oc2ccc(Br)cc2)n1. The van der Waals surface area contributed by atoms with Gasteiger partial charge >= 0.3 is 0 Å². The van der Waals surface area contributed by atoms with Crippen LogP contribution in [-0.2, 0) is 4.79 Å². The molecule has 1 N–H and O–H groups in total. The number of carbonyl (C=O) groups excluding carboxylic acids is 1. The number of amides is 1. The molecule has 0 saturated heterocycles. The van der Waals surface area contributed by atoms with Gasteiger partial charge in [0.1, 0.15) is 11.6 Å². The van der Waals surface area contributed by atoms with Crippen molar-refractivity contribution < 1.29 is 9.53 Å². The van der Waals surface area contributed by atoms with Crippen LogP contribution in [0.1, 0.15) is 24.0 Å². The number of hydrogen-bond acceptors (Lipinski definition) is 5. The van der Waals surface area contributed by atoms with Crippen molar-refractivity contribution in [1.29, 1.82) is 0 Å². The number of hydrogen-bond donors (Lipinski definition) is 1. The number of aryl methyl sites for hydroxylation is 3. The first-order valence-corrected chi connectivity index (χ1v) is 9.23. The molecule has 2 heterocycles. The van der Waals surface area contributed by atoms with E-state index in [1.165, 1.54) is 4.68 Å². The molecule has 1 aromatic carbocycles. The van der Waals surface area contributed by atoms with Gasteiger partial charge in [0.25, 0.3) is 11.9 Å². The smallest absolute Gasteiger partial charge is 0.266 e. The molecule has 0 fully saturated rings. The van der Waals surface area contributed by atoms with Gasteiger partial charge < -0.3 is 10.1 Å². The summed E-state index contributed by atoms with van der Waals surface area (Å²) in [6, 6.07) is 11.0. The van der Waals surface area contributed by atoms with Gasteiger partial charge in [0, 0.05) is 21.9 Å². The zero-order chi connectivity index (χ0) is 19.6. The second-order valence-corrected chi connectivity index (χ2v) is 7.15. The molecule has 0 aliphatic carbocycles. The Labute approximate surface area is 165 Å². The van der Waals surface area contributed by atoms with Crippen LogP contribution in [-0.4, -0.2) is 31.8 Å². The molecule has 0 saturated carbocycles. The number of nitrogens with one attached hydrogen (secondary N) is 1. The summed E-state index contributed by atoms with van der Waals surface area (Å²) in [5, 5.41) is 7.25. The van der Waals surface area contributed by atoms with Crippen molar-refractivity contribution in [1.82, 2.24) is 19.7 Å². The molecule has 0 spiro atoms. The van der Waals surface area contributed by atoms with Crippen LogP contribution in [0.25, 0.3) is 5.95 Å². The van der Waals surface area contributed by atoms with Crippen LogP contribution < -0.4 is 10.1 Å². The van der Waals surface area contributed by atoms with E-state index >= 15 is 0 Å². The number of halogens is 1. The molecule has 1 amide bonds. The molecule has 8 heteroatoms. The highest BCUT2D eigenvalue weighted by Gasteiger charge is 2.19. The van der Waals surface area contributed by atoms with Crippen molar-refractivity contribution in [2.75, 3.05) is 5.32 Å². The molecule has 7 nitrogen and oxygen atoms in total. The monoisotopic (exact) mass is 429 g/mol. The molecule has 27 heavy (non-hydrogen) atoms. The number of ether oxygens (including phenoxy) is 1. The Hall–Kier alpha value is -2.74. The van der Waals surface area contributed by atoms with Gasteiger partial charge in [-0.2, -0.15) is 9.78 Å². The summed E-state index contributed by atoms with van der Waals surface area (Å²) in [6.45, 7) is 7.32. The fourth-order valence-corrected chi connectivity index (χ4v) is 2.81. The topological polar surface area (TPSA) is 81.9 Å². The van der Waals surface area contributed by atoms with E-state index in [-0.39, 0.29) is 5.91 Å². The van der Waals surface area contributed by atoms with Crippen LogP contribution in [0.2, 0.25) is 0 Å². The summed E-state index contributed by atoms with van der Waals surface area (Å²) in [6.07, 6.45) is -0.685. The quantitative estimate of drug-likeness (QED) is 0.667. The van der Waals surface area contributed by atoms with Crippen molar-refractivity contribution >= 4 is 27.7 Å². The van der Waals surface area contributed by atoms with Crippen molar-refractivity contribution in [2.45, 2.75) is 33.8 Å². The predicted octanol–water partition coefficient (Wildman–Crippen LogP) is 3.76. The average Bonchev–Trinajstić information content (AvgIpc) is 2.96. The molecule has 1 unspecified atom stereocenters. The highest BCUT2D eigenvalue weighted by Crippen LogP contribution is 2.19. The van der Waals surface area contributed by atoms with Crippen LogP contribution in [0.5, 0.6) is 5.75 Å². The van der Waals surface area contributed by atoms with Gasteiger partial charge in [-0.15, -0.1) is 0 Å². The first-order chi connectivity index (χ1) is 12.8. The minimum absolute atomic E-state index is 0.288. The fourth-order valence-electron chi connectivity index (χ4n) is 2.54. The van der Waals surface area contributed by atoms with Crippen LogP contribution in [0.3, 0.4) is 0 Å². The molecule has 0 aliphatic rings. The second kappa shape index (κ2) is 7.87. The Kier molecular flexibility index (Phi) is 5.55. The standard InChI is InChI=1S/C19H20BrN5O2/c1-11-9-12(2)22-19(21-11)25-17(10-13(3)24-25)23-18(26)14(4)27-16-7-5-15(20)6-8-16/h5-10,14H,1-4H3,(H,23,26). The van der Waals surface area contributed by atoms with Crippen LogP contribution in [0.4, 0.5) is 5.82 Å². The molecule has 140 valence electrons. The Bertz CT molecular complexity index is 948. The number of carbonyl (C=O) groups is 1. The molecule has 3 rings (SSSR count). The number of aromatic nitrogens is 4. The lowest BCUT2D eigenvalue weighted by atomic mass is 10.3. The van der Waals surface area contributed by atoms with E-state index in [9.17, 15) is 4.79 Å². The summed E-state index contributed by atoms with van der Waals surface area (Å²) in [5.41, 5.74) is 2.40. The van der Waals surface area contributed by atoms with Crippen LogP contribution in [0.15, 0.2) is 40.9 Å². The molecular formula is C19H20BrN5O2. The third kappa shape index (κ3) is 4.71. The number of nitrogens with zero attached hydrogens (tertiary/aromatic N) is 4. The van der Waals surface area contributed by atoms with Crippen LogP contribution >= 0.6 is 15.9 Å². The highest BCUT2D eigenvalue weighted by molar-refractivity contribution is 9.10. The van der Waals surface area contributed by atoms with Crippen molar-refractivity contribution in [3.63, 3.8) is 0 Å². The number of anilines is 1. The Morgan fingerprint density at radius 3 is 2.33 bits per heavy atom. The number of rotatable bonds is 5. The lowest BCUT2D eigenvalue weighted by Gasteiger charge is -2.15. The van der Waals surface area contributed by atoms with Crippen LogP contribution in [0, 0.1) is 20.8 Å². The molecule has 3 aromatic rings. The lowest BCUT2D eigenvalue weighted by Crippen LogP contribution is -2.31. The fraction of sp³-hybridized carbons (Fsp3) is 0.263. The van der Waals surface area contributed by atoms with Gasteiger partial charge in [0.2, 0.25) is 0 Å². The van der Waals surface area contributed by atoms with Gasteiger partial charge in [0.15, 0.2) is 6.10 Å². The molecule has 0 aliphatic heterocycles. The van der Waals surface area contributed by atoms with E-state index < -0.39 is 6.10 Å². The first-order valence-electron chi connectivity index (χ1n) is 8.44. The van der Waals surface area contributed by atoms with E-state index in [0.717, 1.165) is 21.6 Å². The zero-order valence-corrected chi connectivity index (χ0v) is 17.1. The van der Waals surface area contributed by atoms with Gasteiger partial charge in [-0.3, -0.25) is 4.79 Å². The van der Waals surface area contributed by atoms with E-state index in [0.29, 0.717) is 17.5 Å². The number of benzene rings is 1. The maximum atomic E-state index is 12.6.